The van der Waals surface area contributed by atoms with Gasteiger partial charge < -0.3 is 34.6 Å². The lowest BCUT2D eigenvalue weighted by molar-refractivity contribution is -0.309. The van der Waals surface area contributed by atoms with Crippen molar-refractivity contribution in [2.24, 2.45) is 17.8 Å². The molecule has 2 fully saturated rings. The minimum absolute atomic E-state index is 0.159. The van der Waals surface area contributed by atoms with Crippen molar-refractivity contribution in [3.8, 4) is 0 Å². The molecule has 10 atom stereocenters. The number of esters is 1. The van der Waals surface area contributed by atoms with Crippen molar-refractivity contribution in [3.63, 3.8) is 0 Å². The number of aliphatic hydroxyl groups excluding tert-OH is 4. The molecule has 30 heavy (non-hydrogen) atoms. The number of carbonyl (C=O) groups is 2. The molecular formula is C21H28O9. The fraction of sp³-hybridized carbons (Fsp3) is 0.714. The zero-order valence-corrected chi connectivity index (χ0v) is 17.1. The largest absolute Gasteiger partial charge is 0.461 e. The first-order valence-electron chi connectivity index (χ1n) is 10.2. The molecule has 2 aliphatic carbocycles. The van der Waals surface area contributed by atoms with Gasteiger partial charge in [-0.15, -0.1) is 0 Å². The predicted octanol–water partition coefficient (Wildman–Crippen LogP) is -0.785. The number of hydrogen-bond acceptors (Lipinski definition) is 9. The molecule has 0 bridgehead atoms. The van der Waals surface area contributed by atoms with Crippen molar-refractivity contribution in [1.29, 1.82) is 0 Å². The Balaban J connectivity index is 1.67. The molecule has 0 aromatic carbocycles. The summed E-state index contributed by atoms with van der Waals surface area (Å²) in [7, 11) is 0. The van der Waals surface area contributed by atoms with Crippen LogP contribution in [-0.4, -0.2) is 81.7 Å². The Morgan fingerprint density at radius 3 is 2.50 bits per heavy atom. The SMILES string of the molecule is CC1=CC(=O)C2=C(C)[C@H](O[C@@H]3O[C@H](CO)[C@@H](O)[C@H](O)[C@H]3O)C[C@@H]3[C@H](OC(=O)[C@H]3C)[C@@H]12. The predicted molar refractivity (Wildman–Crippen MR) is 101 cm³/mol. The zero-order chi connectivity index (χ0) is 21.9. The highest BCUT2D eigenvalue weighted by molar-refractivity contribution is 6.09. The van der Waals surface area contributed by atoms with Gasteiger partial charge in [-0.2, -0.15) is 0 Å². The molecule has 4 N–H and O–H groups in total. The van der Waals surface area contributed by atoms with E-state index in [4.69, 9.17) is 14.2 Å². The molecule has 2 aliphatic heterocycles. The maximum atomic E-state index is 12.7. The average molecular weight is 424 g/mol. The molecule has 4 rings (SSSR count). The smallest absolute Gasteiger partial charge is 0.309 e. The highest BCUT2D eigenvalue weighted by Crippen LogP contribution is 2.48. The fourth-order valence-corrected chi connectivity index (χ4v) is 5.16. The van der Waals surface area contributed by atoms with Gasteiger partial charge in [0, 0.05) is 17.4 Å². The number of allylic oxidation sites excluding steroid dienone is 1. The van der Waals surface area contributed by atoms with Gasteiger partial charge in [-0.05, 0) is 31.9 Å². The van der Waals surface area contributed by atoms with E-state index in [1.807, 2.05) is 6.92 Å². The lowest BCUT2D eigenvalue weighted by Crippen LogP contribution is -2.59. The van der Waals surface area contributed by atoms with E-state index in [0.29, 0.717) is 17.6 Å². The molecule has 0 aromatic heterocycles. The van der Waals surface area contributed by atoms with Gasteiger partial charge in [0.2, 0.25) is 0 Å². The molecule has 2 heterocycles. The van der Waals surface area contributed by atoms with Crippen LogP contribution in [0.1, 0.15) is 27.2 Å². The lowest BCUT2D eigenvalue weighted by Gasteiger charge is -2.41. The molecule has 0 radical (unpaired) electrons. The third-order valence-electron chi connectivity index (χ3n) is 6.98. The molecule has 9 heteroatoms. The van der Waals surface area contributed by atoms with Crippen molar-refractivity contribution >= 4 is 11.8 Å². The first-order valence-corrected chi connectivity index (χ1v) is 10.2. The number of ether oxygens (including phenoxy) is 3. The Hall–Kier alpha value is -1.62. The second-order valence-corrected chi connectivity index (χ2v) is 8.74. The zero-order valence-electron chi connectivity index (χ0n) is 17.1. The molecule has 166 valence electrons. The summed E-state index contributed by atoms with van der Waals surface area (Å²) in [6.45, 7) is 4.84. The van der Waals surface area contributed by atoms with Crippen molar-refractivity contribution in [3.05, 3.63) is 22.8 Å². The van der Waals surface area contributed by atoms with Crippen LogP contribution in [0.25, 0.3) is 0 Å². The Kier molecular flexibility index (Phi) is 5.63. The van der Waals surface area contributed by atoms with E-state index in [0.717, 1.165) is 5.57 Å². The van der Waals surface area contributed by atoms with Crippen molar-refractivity contribution in [2.75, 3.05) is 6.61 Å². The molecule has 0 unspecified atom stereocenters. The topological polar surface area (TPSA) is 143 Å². The Morgan fingerprint density at radius 1 is 1.13 bits per heavy atom. The summed E-state index contributed by atoms with van der Waals surface area (Å²) < 4.78 is 17.2. The quantitative estimate of drug-likeness (QED) is 0.429. The third-order valence-corrected chi connectivity index (χ3v) is 6.98. The number of aliphatic hydroxyl groups is 4. The number of hydrogen-bond donors (Lipinski definition) is 4. The minimum Gasteiger partial charge on any atom is -0.461 e. The molecule has 0 aromatic rings. The van der Waals surface area contributed by atoms with E-state index in [1.165, 1.54) is 0 Å². The van der Waals surface area contributed by atoms with E-state index < -0.39 is 49.5 Å². The summed E-state index contributed by atoms with van der Waals surface area (Å²) in [4.78, 5) is 25.0. The van der Waals surface area contributed by atoms with Crippen LogP contribution in [0.2, 0.25) is 0 Å². The van der Waals surface area contributed by atoms with E-state index in [1.54, 1.807) is 19.9 Å². The van der Waals surface area contributed by atoms with Crippen LogP contribution < -0.4 is 0 Å². The molecule has 9 nitrogen and oxygen atoms in total. The van der Waals surface area contributed by atoms with E-state index in [2.05, 4.69) is 0 Å². The van der Waals surface area contributed by atoms with Gasteiger partial charge in [-0.25, -0.2) is 0 Å². The van der Waals surface area contributed by atoms with Crippen LogP contribution in [0.5, 0.6) is 0 Å². The summed E-state index contributed by atoms with van der Waals surface area (Å²) >= 11 is 0. The Bertz CT molecular complexity index is 800. The third kappa shape index (κ3) is 3.24. The molecule has 0 saturated carbocycles. The van der Waals surface area contributed by atoms with Crippen LogP contribution >= 0.6 is 0 Å². The van der Waals surface area contributed by atoms with Crippen LogP contribution in [-0.2, 0) is 23.8 Å². The number of ketones is 1. The van der Waals surface area contributed by atoms with E-state index in [-0.39, 0.29) is 29.5 Å². The van der Waals surface area contributed by atoms with Crippen molar-refractivity contribution < 1.29 is 44.2 Å². The van der Waals surface area contributed by atoms with Gasteiger partial charge in [-0.1, -0.05) is 12.5 Å². The van der Waals surface area contributed by atoms with Crippen LogP contribution in [0.15, 0.2) is 22.8 Å². The molecule has 0 amide bonds. The van der Waals surface area contributed by atoms with Gasteiger partial charge in [-0.3, -0.25) is 9.59 Å². The van der Waals surface area contributed by atoms with Crippen LogP contribution in [0.3, 0.4) is 0 Å². The molecule has 2 saturated heterocycles. The fourth-order valence-electron chi connectivity index (χ4n) is 5.16. The Morgan fingerprint density at radius 2 is 1.83 bits per heavy atom. The highest BCUT2D eigenvalue weighted by Gasteiger charge is 2.54. The standard InChI is InChI=1S/C21H28O9/c1-7-4-11(23)15-9(3)12(5-10-8(2)20(27)30-19(10)14(7)15)28-21-18(26)17(25)16(24)13(6-22)29-21/h4,8,10,12-14,16-19,21-22,24-26H,5-6H2,1-3H3/t8-,10-,12+,13+,14-,16+,17-,18+,19-,21+/m0/s1. The number of carbonyl (C=O) groups excluding carboxylic acids is 2. The Labute approximate surface area is 173 Å². The van der Waals surface area contributed by atoms with Gasteiger partial charge >= 0.3 is 5.97 Å². The van der Waals surface area contributed by atoms with Crippen molar-refractivity contribution in [2.45, 2.75) is 70.1 Å². The number of fused-ring (bicyclic) bond motifs is 3. The summed E-state index contributed by atoms with van der Waals surface area (Å²) in [5, 5.41) is 39.8. The van der Waals surface area contributed by atoms with Crippen LogP contribution in [0, 0.1) is 17.8 Å². The first kappa shape index (κ1) is 21.6. The second-order valence-electron chi connectivity index (χ2n) is 8.74. The second kappa shape index (κ2) is 7.81. The monoisotopic (exact) mass is 424 g/mol. The summed E-state index contributed by atoms with van der Waals surface area (Å²) in [6, 6.07) is 0. The maximum absolute atomic E-state index is 12.7. The van der Waals surface area contributed by atoms with Gasteiger partial charge in [0.15, 0.2) is 12.1 Å². The summed E-state index contributed by atoms with van der Waals surface area (Å²) in [6.07, 6.45) is -6.26. The van der Waals surface area contributed by atoms with Gasteiger partial charge in [0.1, 0.15) is 30.5 Å². The lowest BCUT2D eigenvalue weighted by atomic mass is 9.81. The normalized spacial score (nSPS) is 46.3. The molecule has 4 aliphatic rings. The highest BCUT2D eigenvalue weighted by atomic mass is 16.7. The average Bonchev–Trinajstić information content (AvgIpc) is 3.11. The number of rotatable bonds is 3. The maximum Gasteiger partial charge on any atom is 0.309 e. The minimum atomic E-state index is -1.56. The molecule has 0 spiro atoms. The van der Waals surface area contributed by atoms with Crippen LogP contribution in [0.4, 0.5) is 0 Å². The van der Waals surface area contributed by atoms with E-state index in [9.17, 15) is 30.0 Å². The first-order chi connectivity index (χ1) is 14.1. The van der Waals surface area contributed by atoms with Gasteiger partial charge in [0.05, 0.1) is 18.6 Å². The van der Waals surface area contributed by atoms with E-state index >= 15 is 0 Å². The summed E-state index contributed by atoms with van der Waals surface area (Å²) in [5.74, 6) is -1.40. The summed E-state index contributed by atoms with van der Waals surface area (Å²) in [5.41, 5.74) is 2.02. The van der Waals surface area contributed by atoms with Crippen molar-refractivity contribution in [1.82, 2.24) is 0 Å². The molecular weight excluding hydrogens is 396 g/mol. The van der Waals surface area contributed by atoms with Gasteiger partial charge in [0.25, 0.3) is 0 Å².